The van der Waals surface area contributed by atoms with E-state index in [9.17, 15) is 14.7 Å². The van der Waals surface area contributed by atoms with Crippen LogP contribution in [0.1, 0.15) is 60.3 Å². The molecule has 0 bridgehead atoms. The number of amides is 2. The lowest BCUT2D eigenvalue weighted by molar-refractivity contribution is -0.122. The summed E-state index contributed by atoms with van der Waals surface area (Å²) in [6.45, 7) is 2.65. The number of hydrogen-bond donors (Lipinski definition) is 4. The zero-order chi connectivity index (χ0) is 16.9. The van der Waals surface area contributed by atoms with Gasteiger partial charge in [0.15, 0.2) is 5.69 Å². The summed E-state index contributed by atoms with van der Waals surface area (Å²) in [5.41, 5.74) is 1.83. The van der Waals surface area contributed by atoms with Gasteiger partial charge in [-0.1, -0.05) is 6.92 Å². The molecule has 0 aromatic carbocycles. The molecule has 3 aliphatic carbocycles. The van der Waals surface area contributed by atoms with E-state index in [1.54, 1.807) is 0 Å². The van der Waals surface area contributed by atoms with Crippen molar-refractivity contribution in [3.05, 3.63) is 17.0 Å². The molecule has 1 aromatic heterocycles. The van der Waals surface area contributed by atoms with Crippen molar-refractivity contribution in [1.82, 2.24) is 20.8 Å². The van der Waals surface area contributed by atoms with Crippen LogP contribution in [0, 0.1) is 11.8 Å². The Balaban J connectivity index is 1.25. The summed E-state index contributed by atoms with van der Waals surface area (Å²) in [5.74, 6) is 1.40. The van der Waals surface area contributed by atoms with Crippen LogP contribution in [0.5, 0.6) is 0 Å². The molecule has 4 rings (SSSR count). The number of aromatic nitrogens is 2. The molecule has 7 heteroatoms. The minimum Gasteiger partial charge on any atom is -0.388 e. The number of H-pyrrole nitrogens is 1. The van der Waals surface area contributed by atoms with E-state index < -0.39 is 5.60 Å². The second-order valence-corrected chi connectivity index (χ2v) is 7.61. The van der Waals surface area contributed by atoms with Gasteiger partial charge in [-0.25, -0.2) is 0 Å². The van der Waals surface area contributed by atoms with Crippen LogP contribution < -0.4 is 10.6 Å². The Kier molecular flexibility index (Phi) is 3.63. The fourth-order valence-electron chi connectivity index (χ4n) is 4.18. The van der Waals surface area contributed by atoms with Crippen LogP contribution in [0.2, 0.25) is 0 Å². The number of aliphatic hydroxyl groups is 1. The summed E-state index contributed by atoms with van der Waals surface area (Å²) in [6.07, 6.45) is 3.83. The highest BCUT2D eigenvalue weighted by molar-refractivity contribution is 5.94. The molecule has 7 nitrogen and oxygen atoms in total. The fraction of sp³-hybridized carbons (Fsp3) is 0.706. The number of carbonyl (C=O) groups excluding carboxylic acids is 2. The third-order valence-electron chi connectivity index (χ3n) is 5.70. The van der Waals surface area contributed by atoms with Gasteiger partial charge in [0.05, 0.1) is 5.60 Å². The topological polar surface area (TPSA) is 107 Å². The number of rotatable bonds is 6. The monoisotopic (exact) mass is 332 g/mol. The zero-order valence-corrected chi connectivity index (χ0v) is 13.9. The van der Waals surface area contributed by atoms with Crippen molar-refractivity contribution in [3.8, 4) is 0 Å². The Labute approximate surface area is 140 Å². The smallest absolute Gasteiger partial charge is 0.272 e. The Bertz CT molecular complexity index is 677. The first kappa shape index (κ1) is 15.6. The highest BCUT2D eigenvalue weighted by Gasteiger charge is 2.48. The van der Waals surface area contributed by atoms with E-state index in [0.29, 0.717) is 43.3 Å². The first-order valence-corrected chi connectivity index (χ1v) is 8.83. The molecule has 0 saturated heterocycles. The Morgan fingerprint density at radius 2 is 2.17 bits per heavy atom. The van der Waals surface area contributed by atoms with Crippen LogP contribution in [0.4, 0.5) is 0 Å². The quantitative estimate of drug-likeness (QED) is 0.607. The number of nitrogens with zero attached hydrogens (tertiary/aromatic N) is 1. The molecule has 2 atom stereocenters. The van der Waals surface area contributed by atoms with Crippen LogP contribution >= 0.6 is 0 Å². The van der Waals surface area contributed by atoms with Crippen molar-refractivity contribution < 1.29 is 14.7 Å². The lowest BCUT2D eigenvalue weighted by Crippen LogP contribution is -2.54. The van der Waals surface area contributed by atoms with E-state index in [4.69, 9.17) is 0 Å². The highest BCUT2D eigenvalue weighted by atomic mass is 16.3. The standard InChI is InChI=1S/C17H24N4O3/c1-2-13(22)18-7-9-5-17(24,6-9)8-19-16(23)15-12-4-10-3-11(10)14(12)20-21-15/h9-11,24H,2-8H2,1H3,(H,18,22)(H,19,23)(H,20,21)/t9?,10-,11-,17?/m1/s1. The van der Waals surface area contributed by atoms with Crippen molar-refractivity contribution in [1.29, 1.82) is 0 Å². The second kappa shape index (κ2) is 5.58. The third-order valence-corrected chi connectivity index (χ3v) is 5.70. The molecule has 0 unspecified atom stereocenters. The molecule has 0 aliphatic heterocycles. The molecule has 130 valence electrons. The molecular formula is C17H24N4O3. The van der Waals surface area contributed by atoms with E-state index in [2.05, 4.69) is 20.8 Å². The van der Waals surface area contributed by atoms with Crippen molar-refractivity contribution in [2.45, 2.75) is 50.5 Å². The molecule has 3 aliphatic rings. The summed E-state index contributed by atoms with van der Waals surface area (Å²) in [6, 6.07) is 0. The molecule has 1 heterocycles. The molecule has 2 saturated carbocycles. The van der Waals surface area contributed by atoms with Gasteiger partial charge in [-0.3, -0.25) is 14.7 Å². The summed E-state index contributed by atoms with van der Waals surface area (Å²) in [5, 5.41) is 23.3. The second-order valence-electron chi connectivity index (χ2n) is 7.61. The van der Waals surface area contributed by atoms with E-state index >= 15 is 0 Å². The number of hydrogen-bond acceptors (Lipinski definition) is 4. The Hall–Kier alpha value is -1.89. The number of carbonyl (C=O) groups is 2. The van der Waals surface area contributed by atoms with Crippen molar-refractivity contribution in [2.24, 2.45) is 11.8 Å². The molecule has 0 spiro atoms. The lowest BCUT2D eigenvalue weighted by atomic mass is 9.71. The largest absolute Gasteiger partial charge is 0.388 e. The average molecular weight is 332 g/mol. The van der Waals surface area contributed by atoms with Gasteiger partial charge in [-0.15, -0.1) is 0 Å². The van der Waals surface area contributed by atoms with Crippen molar-refractivity contribution >= 4 is 11.8 Å². The summed E-state index contributed by atoms with van der Waals surface area (Å²) >= 11 is 0. The van der Waals surface area contributed by atoms with Crippen molar-refractivity contribution in [3.63, 3.8) is 0 Å². The van der Waals surface area contributed by atoms with Crippen LogP contribution in [-0.2, 0) is 11.2 Å². The molecular weight excluding hydrogens is 308 g/mol. The summed E-state index contributed by atoms with van der Waals surface area (Å²) in [7, 11) is 0. The van der Waals surface area contributed by atoms with Gasteiger partial charge >= 0.3 is 0 Å². The maximum atomic E-state index is 12.3. The van der Waals surface area contributed by atoms with Gasteiger partial charge in [0.25, 0.3) is 5.91 Å². The van der Waals surface area contributed by atoms with Gasteiger partial charge in [-0.05, 0) is 37.5 Å². The first-order chi connectivity index (χ1) is 11.5. The molecule has 1 aromatic rings. The lowest BCUT2D eigenvalue weighted by Gasteiger charge is -2.43. The highest BCUT2D eigenvalue weighted by Crippen LogP contribution is 2.56. The van der Waals surface area contributed by atoms with Crippen LogP contribution in [0.3, 0.4) is 0 Å². The third kappa shape index (κ3) is 2.70. The van der Waals surface area contributed by atoms with Gasteiger partial charge in [0.1, 0.15) is 0 Å². The van der Waals surface area contributed by atoms with E-state index in [-0.39, 0.29) is 24.3 Å². The number of aromatic amines is 1. The Morgan fingerprint density at radius 1 is 1.38 bits per heavy atom. The number of fused-ring (bicyclic) bond motifs is 3. The Morgan fingerprint density at radius 3 is 2.92 bits per heavy atom. The normalized spacial score (nSPS) is 32.5. The van der Waals surface area contributed by atoms with E-state index in [0.717, 1.165) is 17.7 Å². The van der Waals surface area contributed by atoms with Crippen molar-refractivity contribution in [2.75, 3.05) is 13.1 Å². The minimum absolute atomic E-state index is 0.0316. The molecule has 2 fully saturated rings. The maximum absolute atomic E-state index is 12.3. The zero-order valence-electron chi connectivity index (χ0n) is 13.9. The van der Waals surface area contributed by atoms with Gasteiger partial charge in [-0.2, -0.15) is 5.10 Å². The van der Waals surface area contributed by atoms with E-state index in [1.807, 2.05) is 6.92 Å². The average Bonchev–Trinajstić information content (AvgIpc) is 3.02. The summed E-state index contributed by atoms with van der Waals surface area (Å²) in [4.78, 5) is 23.6. The molecule has 24 heavy (non-hydrogen) atoms. The van der Waals surface area contributed by atoms with Gasteiger partial charge < -0.3 is 15.7 Å². The first-order valence-electron chi connectivity index (χ1n) is 8.83. The van der Waals surface area contributed by atoms with Gasteiger partial charge in [0, 0.05) is 36.7 Å². The fourth-order valence-corrected chi connectivity index (χ4v) is 4.18. The minimum atomic E-state index is -0.862. The summed E-state index contributed by atoms with van der Waals surface area (Å²) < 4.78 is 0. The predicted octanol–water partition coefficient (Wildman–Crippen LogP) is 0.466. The van der Waals surface area contributed by atoms with Crippen LogP contribution in [-0.4, -0.2) is 45.8 Å². The molecule has 2 amide bonds. The van der Waals surface area contributed by atoms with Crippen LogP contribution in [0.25, 0.3) is 0 Å². The predicted molar refractivity (Wildman–Crippen MR) is 86.4 cm³/mol. The molecule has 0 radical (unpaired) electrons. The SMILES string of the molecule is CCC(=O)NCC1CC(O)(CNC(=O)c2n[nH]c3c2C[C@H]2C[C@@H]32)C1. The van der Waals surface area contributed by atoms with Crippen LogP contribution in [0.15, 0.2) is 0 Å². The van der Waals surface area contributed by atoms with E-state index in [1.165, 1.54) is 6.42 Å². The molecule has 4 N–H and O–H groups in total. The maximum Gasteiger partial charge on any atom is 0.272 e. The van der Waals surface area contributed by atoms with Gasteiger partial charge in [0.2, 0.25) is 5.91 Å². The number of nitrogens with one attached hydrogen (secondary N) is 3.